The van der Waals surface area contributed by atoms with Gasteiger partial charge in [0.05, 0.1) is 35.4 Å². The lowest BCUT2D eigenvalue weighted by molar-refractivity contribution is -0.385. The van der Waals surface area contributed by atoms with Gasteiger partial charge in [-0.15, -0.1) is 3.77 Å². The van der Waals surface area contributed by atoms with E-state index in [-0.39, 0.29) is 46.2 Å². The number of hydrogen-bond donors (Lipinski definition) is 2. The van der Waals surface area contributed by atoms with Crippen molar-refractivity contribution in [3.05, 3.63) is 43.4 Å². The standard InChI is InChI=1S/C25H37ClIN7O6S2Si/c1-43(2,3)13-12-42(39,40)32-41(38,11-7-4-8-28-24-22(27)17-29-25(26)31-24)21-15-19(14-20(16-21)34(36)37)30-23(35)18-33-9-5-6-10-33/h14-17H,4-13,18H2,1-3H3,(H,30,35)(H,28,29,31). The molecule has 0 saturated carbocycles. The van der Waals surface area contributed by atoms with Crippen LogP contribution in [0.1, 0.15) is 25.7 Å². The van der Waals surface area contributed by atoms with Gasteiger partial charge in [-0.05, 0) is 85.1 Å². The molecule has 1 aromatic heterocycles. The first kappa shape index (κ1) is 35.5. The van der Waals surface area contributed by atoms with Crippen molar-refractivity contribution in [1.29, 1.82) is 0 Å². The summed E-state index contributed by atoms with van der Waals surface area (Å²) in [6.45, 7) is 8.17. The molecule has 238 valence electrons. The van der Waals surface area contributed by atoms with Crippen molar-refractivity contribution >= 4 is 85.1 Å². The zero-order valence-corrected chi connectivity index (χ0v) is 29.9. The Bertz CT molecular complexity index is 1560. The molecule has 0 spiro atoms. The molecule has 3 rings (SSSR count). The number of amides is 1. The molecule has 2 heterocycles. The van der Waals surface area contributed by atoms with E-state index in [1.165, 1.54) is 12.1 Å². The molecule has 1 fully saturated rings. The normalized spacial score (nSPS) is 15.6. The van der Waals surface area contributed by atoms with E-state index in [4.69, 9.17) is 11.6 Å². The van der Waals surface area contributed by atoms with Crippen molar-refractivity contribution in [3.8, 4) is 0 Å². The van der Waals surface area contributed by atoms with Crippen molar-refractivity contribution in [1.82, 2.24) is 14.9 Å². The molecular weight excluding hydrogens is 749 g/mol. The maximum atomic E-state index is 14.4. The molecular formula is C25H37ClIN7O6S2Si. The number of aromatic nitrogens is 2. The second-order valence-electron chi connectivity index (χ2n) is 11.5. The number of benzene rings is 1. The minimum absolute atomic E-state index is 0.0627. The Kier molecular flexibility index (Phi) is 12.7. The summed E-state index contributed by atoms with van der Waals surface area (Å²) in [7, 11) is -9.58. The number of carbonyl (C=O) groups is 1. The zero-order valence-electron chi connectivity index (χ0n) is 24.3. The molecule has 13 nitrogen and oxygen atoms in total. The molecule has 1 amide bonds. The van der Waals surface area contributed by atoms with E-state index >= 15 is 0 Å². The lowest BCUT2D eigenvalue weighted by Gasteiger charge is -2.17. The monoisotopic (exact) mass is 785 g/mol. The maximum absolute atomic E-state index is 14.4. The van der Waals surface area contributed by atoms with Crippen LogP contribution >= 0.6 is 34.2 Å². The predicted octanol–water partition coefficient (Wildman–Crippen LogP) is 5.06. The molecule has 2 aromatic rings. The van der Waals surface area contributed by atoms with Gasteiger partial charge in [-0.2, -0.15) is 4.98 Å². The van der Waals surface area contributed by atoms with E-state index in [0.29, 0.717) is 24.8 Å². The first-order chi connectivity index (χ1) is 20.1. The number of nitrogens with zero attached hydrogens (tertiary/aromatic N) is 5. The third-order valence-corrected chi connectivity index (χ3v) is 14.0. The van der Waals surface area contributed by atoms with Gasteiger partial charge in [-0.1, -0.05) is 19.6 Å². The maximum Gasteiger partial charge on any atom is 0.272 e. The Balaban J connectivity index is 1.89. The molecule has 0 radical (unpaired) electrons. The topological polar surface area (TPSA) is 177 Å². The summed E-state index contributed by atoms with van der Waals surface area (Å²) in [5.41, 5.74) is -0.360. The van der Waals surface area contributed by atoms with Crippen LogP contribution < -0.4 is 10.6 Å². The number of halogens is 2. The number of unbranched alkanes of at least 4 members (excludes halogenated alkanes) is 1. The smallest absolute Gasteiger partial charge is 0.272 e. The Morgan fingerprint density at radius 1 is 1.16 bits per heavy atom. The number of nitro groups is 1. The van der Waals surface area contributed by atoms with E-state index < -0.39 is 38.4 Å². The first-order valence-corrected chi connectivity index (χ1v) is 22.2. The molecule has 0 bridgehead atoms. The van der Waals surface area contributed by atoms with Crippen LogP contribution in [0.4, 0.5) is 17.2 Å². The van der Waals surface area contributed by atoms with Crippen LogP contribution in [0, 0.1) is 13.7 Å². The van der Waals surface area contributed by atoms with E-state index in [9.17, 15) is 27.5 Å². The van der Waals surface area contributed by atoms with Gasteiger partial charge in [0.15, 0.2) is 0 Å². The van der Waals surface area contributed by atoms with Crippen molar-refractivity contribution in [2.75, 3.05) is 48.3 Å². The Hall–Kier alpha value is -1.93. The lowest BCUT2D eigenvalue weighted by atomic mass is 10.2. The van der Waals surface area contributed by atoms with Gasteiger partial charge in [0.1, 0.15) is 5.82 Å². The summed E-state index contributed by atoms with van der Waals surface area (Å²) < 4.78 is 45.3. The van der Waals surface area contributed by atoms with E-state index in [1.54, 1.807) is 6.20 Å². The molecule has 1 aromatic carbocycles. The zero-order chi connectivity index (χ0) is 31.8. The Labute approximate surface area is 272 Å². The second-order valence-corrected chi connectivity index (χ2v) is 22.9. The molecule has 1 aliphatic heterocycles. The third kappa shape index (κ3) is 11.8. The number of nitro benzene ring substituents is 1. The average molecular weight is 786 g/mol. The van der Waals surface area contributed by atoms with E-state index in [2.05, 4.69) is 47.0 Å². The molecule has 18 heteroatoms. The van der Waals surface area contributed by atoms with Gasteiger partial charge < -0.3 is 10.6 Å². The number of sulfonamides is 1. The SMILES string of the molecule is C[Si](C)(C)CCS(=O)(=O)N=S(=O)(CCCCNc1nc(Cl)ncc1I)c1cc(NC(=O)CN2CCCC2)cc([N+](=O)[O-])c1. The van der Waals surface area contributed by atoms with Crippen LogP contribution in [-0.4, -0.2) is 84.1 Å². The Morgan fingerprint density at radius 3 is 2.51 bits per heavy atom. The summed E-state index contributed by atoms with van der Waals surface area (Å²) in [5.74, 6) is -0.258. The van der Waals surface area contributed by atoms with Gasteiger partial charge in [0.2, 0.25) is 11.2 Å². The van der Waals surface area contributed by atoms with Crippen LogP contribution in [0.3, 0.4) is 0 Å². The summed E-state index contributed by atoms with van der Waals surface area (Å²) in [6, 6.07) is 4.01. The highest BCUT2D eigenvalue weighted by atomic mass is 127. The van der Waals surface area contributed by atoms with Crippen LogP contribution in [0.15, 0.2) is 33.1 Å². The highest BCUT2D eigenvalue weighted by Crippen LogP contribution is 2.28. The number of hydrogen-bond acceptors (Lipinski definition) is 10. The van der Waals surface area contributed by atoms with Crippen molar-refractivity contribution < 1.29 is 22.3 Å². The van der Waals surface area contributed by atoms with Gasteiger partial charge in [0, 0.05) is 44.4 Å². The fraction of sp³-hybridized carbons (Fsp3) is 0.560. The number of non-ortho nitro benzene ring substituents is 1. The molecule has 1 aliphatic rings. The highest BCUT2D eigenvalue weighted by molar-refractivity contribution is 14.1. The van der Waals surface area contributed by atoms with Gasteiger partial charge in [-0.25, -0.2) is 17.6 Å². The first-order valence-electron chi connectivity index (χ1n) is 13.8. The van der Waals surface area contributed by atoms with Crippen LogP contribution in [0.5, 0.6) is 0 Å². The Morgan fingerprint density at radius 2 is 1.86 bits per heavy atom. The fourth-order valence-corrected chi connectivity index (χ4v) is 12.2. The van der Waals surface area contributed by atoms with Crippen molar-refractivity contribution in [2.45, 2.75) is 56.3 Å². The number of nitrogens with one attached hydrogen (secondary N) is 2. The van der Waals surface area contributed by atoms with E-state index in [0.717, 1.165) is 35.6 Å². The largest absolute Gasteiger partial charge is 0.369 e. The quantitative estimate of drug-likeness (QED) is 0.0620. The molecule has 0 aliphatic carbocycles. The summed E-state index contributed by atoms with van der Waals surface area (Å²) in [6.07, 6.45) is 4.30. The fourth-order valence-electron chi connectivity index (χ4n) is 4.24. The molecule has 2 N–H and O–H groups in total. The number of likely N-dealkylation sites (tertiary alicyclic amines) is 1. The van der Waals surface area contributed by atoms with Crippen molar-refractivity contribution in [3.63, 3.8) is 0 Å². The average Bonchev–Trinajstić information content (AvgIpc) is 3.41. The minimum atomic E-state index is -4.13. The van der Waals surface area contributed by atoms with Gasteiger partial charge >= 0.3 is 0 Å². The van der Waals surface area contributed by atoms with Crippen molar-refractivity contribution in [2.24, 2.45) is 3.77 Å². The minimum Gasteiger partial charge on any atom is -0.369 e. The summed E-state index contributed by atoms with van der Waals surface area (Å²) in [4.78, 5) is 33.7. The van der Waals surface area contributed by atoms with Gasteiger partial charge in [0.25, 0.3) is 15.7 Å². The number of anilines is 2. The summed E-state index contributed by atoms with van der Waals surface area (Å²) >= 11 is 7.94. The molecule has 1 unspecified atom stereocenters. The van der Waals surface area contributed by atoms with Crippen LogP contribution in [0.25, 0.3) is 0 Å². The molecule has 1 atom stereocenters. The number of carbonyl (C=O) groups excluding carboxylic acids is 1. The highest BCUT2D eigenvalue weighted by Gasteiger charge is 2.25. The van der Waals surface area contributed by atoms with Crippen LogP contribution in [-0.2, 0) is 24.5 Å². The van der Waals surface area contributed by atoms with Crippen LogP contribution in [0.2, 0.25) is 31.0 Å². The molecule has 1 saturated heterocycles. The second kappa shape index (κ2) is 15.4. The van der Waals surface area contributed by atoms with E-state index in [1.807, 2.05) is 24.5 Å². The lowest BCUT2D eigenvalue weighted by Crippen LogP contribution is -2.30. The van der Waals surface area contributed by atoms with Gasteiger partial charge in [-0.3, -0.25) is 19.8 Å². The predicted molar refractivity (Wildman–Crippen MR) is 181 cm³/mol. The molecule has 43 heavy (non-hydrogen) atoms. The summed E-state index contributed by atoms with van der Waals surface area (Å²) in [5, 5.41) is 17.7. The third-order valence-electron chi connectivity index (χ3n) is 6.52. The number of rotatable bonds is 15.